The van der Waals surface area contributed by atoms with Crippen molar-refractivity contribution in [3.05, 3.63) is 0 Å². The molecule has 28 heavy (non-hydrogen) atoms. The molecule has 0 aromatic heterocycles. The summed E-state index contributed by atoms with van der Waals surface area (Å²) in [6.45, 7) is 9.64. The van der Waals surface area contributed by atoms with Crippen molar-refractivity contribution in [2.45, 2.75) is 51.3 Å². The Morgan fingerprint density at radius 1 is 1.25 bits per heavy atom. The molecule has 1 N–H and O–H groups in total. The average Bonchev–Trinajstić information content (AvgIpc) is 2.67. The number of hydrogen-bond donors (Lipinski definition) is 1. The van der Waals surface area contributed by atoms with E-state index in [4.69, 9.17) is 9.47 Å². The van der Waals surface area contributed by atoms with Gasteiger partial charge in [-0.05, 0) is 33.1 Å². The van der Waals surface area contributed by atoms with E-state index in [1.54, 1.807) is 26.1 Å². The van der Waals surface area contributed by atoms with Crippen molar-refractivity contribution in [2.24, 2.45) is 4.99 Å². The van der Waals surface area contributed by atoms with E-state index in [0.717, 1.165) is 58.2 Å². The Kier molecular flexibility index (Phi) is 9.47. The van der Waals surface area contributed by atoms with E-state index in [2.05, 4.69) is 34.0 Å². The highest BCUT2D eigenvalue weighted by Gasteiger charge is 2.31. The summed E-state index contributed by atoms with van der Waals surface area (Å²) < 4.78 is 11.1. The largest absolute Gasteiger partial charge is 0.383 e. The van der Waals surface area contributed by atoms with Gasteiger partial charge in [0.1, 0.15) is 6.54 Å². The van der Waals surface area contributed by atoms with Gasteiger partial charge in [0.25, 0.3) is 0 Å². The highest BCUT2D eigenvalue weighted by atomic mass is 16.5. The molecule has 0 aromatic rings. The van der Waals surface area contributed by atoms with Crippen molar-refractivity contribution in [1.29, 1.82) is 0 Å². The van der Waals surface area contributed by atoms with Gasteiger partial charge in [0, 0.05) is 66.1 Å². The summed E-state index contributed by atoms with van der Waals surface area (Å²) in [4.78, 5) is 23.1. The third-order valence-corrected chi connectivity index (χ3v) is 5.58. The Morgan fingerprint density at radius 2 is 1.96 bits per heavy atom. The van der Waals surface area contributed by atoms with Crippen molar-refractivity contribution >= 4 is 11.9 Å². The molecule has 2 heterocycles. The highest BCUT2D eigenvalue weighted by molar-refractivity contribution is 5.85. The molecule has 8 nitrogen and oxygen atoms in total. The van der Waals surface area contributed by atoms with E-state index in [1.165, 1.54) is 6.42 Å². The first-order valence-electron chi connectivity index (χ1n) is 10.5. The van der Waals surface area contributed by atoms with Gasteiger partial charge in [0.15, 0.2) is 5.96 Å². The predicted octanol–water partition coefficient (Wildman–Crippen LogP) is 0.630. The van der Waals surface area contributed by atoms with Gasteiger partial charge in [0.05, 0.1) is 12.7 Å². The topological polar surface area (TPSA) is 69.6 Å². The number of ether oxygens (including phenoxy) is 2. The average molecular weight is 398 g/mol. The molecule has 2 saturated heterocycles. The minimum atomic E-state index is 0.00745. The van der Waals surface area contributed by atoms with Gasteiger partial charge in [-0.15, -0.1) is 0 Å². The first-order chi connectivity index (χ1) is 13.4. The quantitative estimate of drug-likeness (QED) is 0.502. The Hall–Kier alpha value is -1.38. The summed E-state index contributed by atoms with van der Waals surface area (Å²) in [5, 5.41) is 3.49. The minimum Gasteiger partial charge on any atom is -0.383 e. The van der Waals surface area contributed by atoms with Crippen LogP contribution in [0.2, 0.25) is 0 Å². The molecular weight excluding hydrogens is 358 g/mol. The summed E-state index contributed by atoms with van der Waals surface area (Å²) in [6, 6.07) is 0.780. The summed E-state index contributed by atoms with van der Waals surface area (Å²) in [5.41, 5.74) is 0. The molecule has 8 heteroatoms. The van der Waals surface area contributed by atoms with Crippen molar-refractivity contribution in [3.8, 4) is 0 Å². The lowest BCUT2D eigenvalue weighted by atomic mass is 10.1. The van der Waals surface area contributed by atoms with Crippen molar-refractivity contribution in [2.75, 3.05) is 67.1 Å². The monoisotopic (exact) mass is 397 g/mol. The first-order valence-corrected chi connectivity index (χ1v) is 10.5. The number of carbonyl (C=O) groups is 1. The molecule has 0 spiro atoms. The van der Waals surface area contributed by atoms with Gasteiger partial charge in [-0.25, -0.2) is 4.99 Å². The van der Waals surface area contributed by atoms with Gasteiger partial charge in [-0.3, -0.25) is 9.69 Å². The molecule has 0 saturated carbocycles. The van der Waals surface area contributed by atoms with Gasteiger partial charge < -0.3 is 24.6 Å². The van der Waals surface area contributed by atoms with Gasteiger partial charge in [-0.2, -0.15) is 0 Å². The number of nitrogens with zero attached hydrogens (tertiary/aromatic N) is 4. The Balaban J connectivity index is 2.02. The van der Waals surface area contributed by atoms with Gasteiger partial charge in [-0.1, -0.05) is 0 Å². The molecule has 3 atom stereocenters. The van der Waals surface area contributed by atoms with Crippen LogP contribution in [0.3, 0.4) is 0 Å². The number of likely N-dealkylation sites (N-methyl/N-ethyl adjacent to an activating group) is 1. The summed E-state index contributed by atoms with van der Waals surface area (Å²) >= 11 is 0. The number of carbonyl (C=O) groups excluding carboxylic acids is 1. The molecular formula is C20H39N5O3. The van der Waals surface area contributed by atoms with Crippen LogP contribution in [0.1, 0.15) is 33.1 Å². The maximum Gasteiger partial charge on any atom is 0.243 e. The predicted molar refractivity (Wildman–Crippen MR) is 112 cm³/mol. The Labute approximate surface area is 170 Å². The molecule has 2 fully saturated rings. The number of hydrogen-bond acceptors (Lipinski definition) is 5. The third kappa shape index (κ3) is 6.90. The van der Waals surface area contributed by atoms with Crippen LogP contribution in [0.15, 0.2) is 4.99 Å². The van der Waals surface area contributed by atoms with E-state index < -0.39 is 0 Å². The van der Waals surface area contributed by atoms with E-state index in [-0.39, 0.29) is 18.6 Å². The number of guanidine groups is 1. The lowest BCUT2D eigenvalue weighted by Gasteiger charge is -2.45. The second kappa shape index (κ2) is 11.6. The zero-order valence-corrected chi connectivity index (χ0v) is 18.3. The first kappa shape index (κ1) is 22.9. The molecule has 0 aliphatic carbocycles. The second-order valence-corrected chi connectivity index (χ2v) is 8.13. The molecule has 3 unspecified atom stereocenters. The zero-order chi connectivity index (χ0) is 20.5. The molecule has 0 radical (unpaired) electrons. The van der Waals surface area contributed by atoms with E-state index in [0.29, 0.717) is 12.1 Å². The van der Waals surface area contributed by atoms with Crippen molar-refractivity contribution < 1.29 is 14.3 Å². The standard InChI is InChI=1S/C20H39N5O3/c1-16-14-24(15-17(2)25(16)9-11-27-5)20(22-13-19(26)23(3)4)21-12-18-8-6-7-10-28-18/h16-18H,6-15H2,1-5H3,(H,21,22). The fraction of sp³-hybridized carbons (Fsp3) is 0.900. The summed E-state index contributed by atoms with van der Waals surface area (Å²) in [5.74, 6) is 0.822. The normalized spacial score (nSPS) is 27.0. The van der Waals surface area contributed by atoms with Gasteiger partial charge in [0.2, 0.25) is 5.91 Å². The number of rotatable bonds is 7. The van der Waals surface area contributed by atoms with Crippen LogP contribution in [-0.2, 0) is 14.3 Å². The Bertz CT molecular complexity index is 496. The van der Waals surface area contributed by atoms with Crippen molar-refractivity contribution in [1.82, 2.24) is 20.0 Å². The number of amides is 1. The summed E-state index contributed by atoms with van der Waals surface area (Å²) in [6.07, 6.45) is 3.66. The lowest BCUT2D eigenvalue weighted by molar-refractivity contribution is -0.127. The maximum absolute atomic E-state index is 12.1. The maximum atomic E-state index is 12.1. The number of aliphatic imine (C=N–C) groups is 1. The van der Waals surface area contributed by atoms with Crippen LogP contribution < -0.4 is 5.32 Å². The second-order valence-electron chi connectivity index (χ2n) is 8.13. The van der Waals surface area contributed by atoms with E-state index in [9.17, 15) is 4.79 Å². The number of nitrogens with one attached hydrogen (secondary N) is 1. The molecule has 0 aromatic carbocycles. The third-order valence-electron chi connectivity index (χ3n) is 5.58. The molecule has 2 aliphatic heterocycles. The Morgan fingerprint density at radius 3 is 2.54 bits per heavy atom. The summed E-state index contributed by atoms with van der Waals surface area (Å²) in [7, 11) is 5.27. The molecule has 162 valence electrons. The van der Waals surface area contributed by atoms with E-state index in [1.807, 2.05) is 0 Å². The van der Waals surface area contributed by atoms with Crippen molar-refractivity contribution in [3.63, 3.8) is 0 Å². The zero-order valence-electron chi connectivity index (χ0n) is 18.3. The molecule has 2 aliphatic rings. The lowest BCUT2D eigenvalue weighted by Crippen LogP contribution is -2.61. The SMILES string of the molecule is COCCN1C(C)CN(C(=NCC(=O)N(C)C)NCC2CCCCO2)CC1C. The van der Waals surface area contributed by atoms with E-state index >= 15 is 0 Å². The van der Waals surface area contributed by atoms with Crippen LogP contribution in [0.4, 0.5) is 0 Å². The number of methoxy groups -OCH3 is 1. The molecule has 0 bridgehead atoms. The van der Waals surface area contributed by atoms with Crippen LogP contribution in [0.25, 0.3) is 0 Å². The molecule has 1 amide bonds. The van der Waals surface area contributed by atoms with Crippen LogP contribution >= 0.6 is 0 Å². The fourth-order valence-electron chi connectivity index (χ4n) is 3.89. The van der Waals surface area contributed by atoms with Crippen LogP contribution in [-0.4, -0.2) is 112 Å². The van der Waals surface area contributed by atoms with Crippen LogP contribution in [0.5, 0.6) is 0 Å². The smallest absolute Gasteiger partial charge is 0.243 e. The van der Waals surface area contributed by atoms with Crippen LogP contribution in [0, 0.1) is 0 Å². The number of piperazine rings is 1. The minimum absolute atomic E-state index is 0.00745. The molecule has 2 rings (SSSR count). The highest BCUT2D eigenvalue weighted by Crippen LogP contribution is 2.16. The fourth-order valence-corrected chi connectivity index (χ4v) is 3.89. The van der Waals surface area contributed by atoms with Gasteiger partial charge >= 0.3 is 0 Å².